The molecule has 2 rings (SSSR count). The van der Waals surface area contributed by atoms with Gasteiger partial charge in [0.05, 0.1) is 0 Å². The molecule has 0 saturated heterocycles. The molecule has 1 heterocycles. The molecule has 2 unspecified atom stereocenters. The van der Waals surface area contributed by atoms with Gasteiger partial charge >= 0.3 is 0 Å². The molecular weight excluding hydrogens is 172 g/mol. The Labute approximate surface area is 87.2 Å². The van der Waals surface area contributed by atoms with E-state index in [1.165, 1.54) is 45.3 Å². The number of nitrogens with zero attached hydrogens (tertiary/aromatic N) is 1. The normalized spacial score (nSPS) is 34.6. The number of rotatable bonds is 2. The van der Waals surface area contributed by atoms with Crippen molar-refractivity contribution in [2.75, 3.05) is 19.6 Å². The molecule has 0 aromatic heterocycles. The molecule has 1 saturated carbocycles. The molecular formula is C12H22N2. The second kappa shape index (κ2) is 4.45. The molecule has 0 bridgehead atoms. The smallest absolute Gasteiger partial charge is 0.0190 e. The first-order chi connectivity index (χ1) is 6.74. The van der Waals surface area contributed by atoms with Crippen LogP contribution >= 0.6 is 0 Å². The highest BCUT2D eigenvalue weighted by Gasteiger charge is 2.24. The van der Waals surface area contributed by atoms with E-state index in [0.29, 0.717) is 6.04 Å². The van der Waals surface area contributed by atoms with E-state index in [9.17, 15) is 0 Å². The van der Waals surface area contributed by atoms with Crippen LogP contribution < -0.4 is 5.73 Å². The fourth-order valence-corrected chi connectivity index (χ4v) is 2.79. The fraction of sp³-hybridized carbons (Fsp3) is 0.833. The van der Waals surface area contributed by atoms with E-state index in [1.807, 2.05) is 0 Å². The molecule has 0 aromatic carbocycles. The maximum atomic E-state index is 5.93. The first kappa shape index (κ1) is 10.2. The third kappa shape index (κ3) is 2.58. The zero-order chi connectivity index (χ0) is 9.97. The largest absolute Gasteiger partial charge is 0.328 e. The zero-order valence-electron chi connectivity index (χ0n) is 9.21. The molecule has 0 radical (unpaired) electrons. The van der Waals surface area contributed by atoms with Crippen molar-refractivity contribution in [3.8, 4) is 0 Å². The molecule has 2 heteroatoms. The summed E-state index contributed by atoms with van der Waals surface area (Å²) in [4.78, 5) is 2.60. The van der Waals surface area contributed by atoms with Crippen molar-refractivity contribution in [2.45, 2.75) is 38.6 Å². The van der Waals surface area contributed by atoms with E-state index < -0.39 is 0 Å². The number of hydrogen-bond donors (Lipinski definition) is 1. The van der Waals surface area contributed by atoms with Crippen LogP contribution in [0, 0.1) is 5.92 Å². The molecule has 1 fully saturated rings. The molecule has 80 valence electrons. The van der Waals surface area contributed by atoms with E-state index in [2.05, 4.69) is 17.9 Å². The van der Waals surface area contributed by atoms with Crippen LogP contribution in [0.3, 0.4) is 0 Å². The van der Waals surface area contributed by atoms with Gasteiger partial charge in [-0.2, -0.15) is 0 Å². The Kier molecular flexibility index (Phi) is 3.24. The summed E-state index contributed by atoms with van der Waals surface area (Å²) in [5.41, 5.74) is 7.47. The Morgan fingerprint density at radius 2 is 2.36 bits per heavy atom. The summed E-state index contributed by atoms with van der Waals surface area (Å²) in [6, 6.07) is 0.487. The zero-order valence-corrected chi connectivity index (χ0v) is 9.21. The second-order valence-electron chi connectivity index (χ2n) is 5.01. The van der Waals surface area contributed by atoms with Crippen LogP contribution in [0.15, 0.2) is 11.6 Å². The average Bonchev–Trinajstić information content (AvgIpc) is 2.51. The minimum atomic E-state index is 0.487. The van der Waals surface area contributed by atoms with E-state index in [4.69, 9.17) is 5.73 Å². The molecule has 0 spiro atoms. The van der Waals surface area contributed by atoms with Crippen LogP contribution in [0.2, 0.25) is 0 Å². The van der Waals surface area contributed by atoms with Gasteiger partial charge in [0.15, 0.2) is 0 Å². The van der Waals surface area contributed by atoms with Gasteiger partial charge < -0.3 is 5.73 Å². The summed E-state index contributed by atoms with van der Waals surface area (Å²) < 4.78 is 0. The maximum absolute atomic E-state index is 5.93. The third-order valence-electron chi connectivity index (χ3n) is 3.51. The lowest BCUT2D eigenvalue weighted by Gasteiger charge is -2.28. The Hall–Kier alpha value is -0.340. The number of hydrogen-bond acceptors (Lipinski definition) is 2. The molecule has 0 aromatic rings. The van der Waals surface area contributed by atoms with Crippen molar-refractivity contribution in [2.24, 2.45) is 11.7 Å². The van der Waals surface area contributed by atoms with Crippen LogP contribution in [0.5, 0.6) is 0 Å². The highest BCUT2D eigenvalue weighted by atomic mass is 15.1. The van der Waals surface area contributed by atoms with Gasteiger partial charge in [0, 0.05) is 25.7 Å². The molecule has 2 N–H and O–H groups in total. The predicted molar refractivity (Wildman–Crippen MR) is 60.1 cm³/mol. The maximum Gasteiger partial charge on any atom is 0.0190 e. The Morgan fingerprint density at radius 1 is 1.50 bits per heavy atom. The lowest BCUT2D eigenvalue weighted by molar-refractivity contribution is 0.243. The summed E-state index contributed by atoms with van der Waals surface area (Å²) in [6.45, 7) is 5.96. The van der Waals surface area contributed by atoms with Gasteiger partial charge in [0.25, 0.3) is 0 Å². The minimum Gasteiger partial charge on any atom is -0.328 e. The van der Waals surface area contributed by atoms with Crippen molar-refractivity contribution < 1.29 is 0 Å². The fourth-order valence-electron chi connectivity index (χ4n) is 2.79. The second-order valence-corrected chi connectivity index (χ2v) is 5.01. The molecule has 14 heavy (non-hydrogen) atoms. The van der Waals surface area contributed by atoms with E-state index >= 15 is 0 Å². The van der Waals surface area contributed by atoms with Crippen molar-refractivity contribution in [1.82, 2.24) is 4.90 Å². The van der Waals surface area contributed by atoms with Crippen molar-refractivity contribution >= 4 is 0 Å². The Bertz CT molecular complexity index is 222. The quantitative estimate of drug-likeness (QED) is 0.679. The van der Waals surface area contributed by atoms with E-state index in [1.54, 1.807) is 5.57 Å². The van der Waals surface area contributed by atoms with Gasteiger partial charge in [-0.3, -0.25) is 4.90 Å². The molecule has 2 nitrogen and oxygen atoms in total. The summed E-state index contributed by atoms with van der Waals surface area (Å²) in [7, 11) is 0. The van der Waals surface area contributed by atoms with Crippen LogP contribution in [0.25, 0.3) is 0 Å². The SMILES string of the molecule is CC1=CCCN(CC2CCC(N)C2)C1. The third-order valence-corrected chi connectivity index (χ3v) is 3.51. The summed E-state index contributed by atoms with van der Waals surface area (Å²) in [5.74, 6) is 0.871. The van der Waals surface area contributed by atoms with Gasteiger partial charge in [-0.05, 0) is 38.5 Å². The molecule has 2 aliphatic rings. The van der Waals surface area contributed by atoms with Crippen molar-refractivity contribution in [3.05, 3.63) is 11.6 Å². The topological polar surface area (TPSA) is 29.3 Å². The first-order valence-electron chi connectivity index (χ1n) is 5.87. The van der Waals surface area contributed by atoms with E-state index in [-0.39, 0.29) is 0 Å². The van der Waals surface area contributed by atoms with Gasteiger partial charge in [0.2, 0.25) is 0 Å². The molecule has 0 amide bonds. The lowest BCUT2D eigenvalue weighted by atomic mass is 10.0. The average molecular weight is 194 g/mol. The van der Waals surface area contributed by atoms with Crippen LogP contribution in [0.1, 0.15) is 32.6 Å². The standard InChI is InChI=1S/C12H22N2/c1-10-3-2-6-14(8-10)9-11-4-5-12(13)7-11/h3,11-12H,2,4-9,13H2,1H3. The predicted octanol–water partition coefficient (Wildman–Crippen LogP) is 1.77. The van der Waals surface area contributed by atoms with Gasteiger partial charge in [-0.1, -0.05) is 11.6 Å². The van der Waals surface area contributed by atoms with Crippen LogP contribution in [-0.4, -0.2) is 30.6 Å². The number of nitrogens with two attached hydrogens (primary N) is 1. The Morgan fingerprint density at radius 3 is 3.00 bits per heavy atom. The van der Waals surface area contributed by atoms with Gasteiger partial charge in [0.1, 0.15) is 0 Å². The molecule has 2 atom stereocenters. The van der Waals surface area contributed by atoms with Crippen molar-refractivity contribution in [1.29, 1.82) is 0 Å². The highest BCUT2D eigenvalue weighted by molar-refractivity contribution is 5.04. The first-order valence-corrected chi connectivity index (χ1v) is 5.87. The van der Waals surface area contributed by atoms with Gasteiger partial charge in [-0.15, -0.1) is 0 Å². The summed E-state index contributed by atoms with van der Waals surface area (Å²) in [5, 5.41) is 0. The molecule has 1 aliphatic heterocycles. The summed E-state index contributed by atoms with van der Waals surface area (Å²) in [6.07, 6.45) is 7.45. The highest BCUT2D eigenvalue weighted by Crippen LogP contribution is 2.25. The molecule has 1 aliphatic carbocycles. The van der Waals surface area contributed by atoms with Crippen molar-refractivity contribution in [3.63, 3.8) is 0 Å². The minimum absolute atomic E-state index is 0.487. The van der Waals surface area contributed by atoms with Crippen LogP contribution in [0.4, 0.5) is 0 Å². The van der Waals surface area contributed by atoms with Crippen LogP contribution in [-0.2, 0) is 0 Å². The summed E-state index contributed by atoms with van der Waals surface area (Å²) >= 11 is 0. The van der Waals surface area contributed by atoms with E-state index in [0.717, 1.165) is 5.92 Å². The lowest BCUT2D eigenvalue weighted by Crippen LogP contribution is -2.33. The Balaban J connectivity index is 1.78. The van der Waals surface area contributed by atoms with Gasteiger partial charge in [-0.25, -0.2) is 0 Å². The monoisotopic (exact) mass is 194 g/mol.